The fourth-order valence-corrected chi connectivity index (χ4v) is 3.08. The molecule has 1 aromatic carbocycles. The highest BCUT2D eigenvalue weighted by molar-refractivity contribution is 5.85. The van der Waals surface area contributed by atoms with Crippen molar-refractivity contribution in [2.24, 2.45) is 13.0 Å². The Morgan fingerprint density at radius 1 is 1.40 bits per heavy atom. The molecule has 7 heteroatoms. The second kappa shape index (κ2) is 8.87. The summed E-state index contributed by atoms with van der Waals surface area (Å²) in [5.41, 5.74) is 1.11. The first-order valence-corrected chi connectivity index (χ1v) is 8.32. The van der Waals surface area contributed by atoms with Crippen molar-refractivity contribution in [1.82, 2.24) is 20.4 Å². The van der Waals surface area contributed by atoms with E-state index in [4.69, 9.17) is 4.74 Å². The zero-order chi connectivity index (χ0) is 16.9. The van der Waals surface area contributed by atoms with Crippen LogP contribution in [0.15, 0.2) is 42.7 Å². The molecule has 2 N–H and O–H groups in total. The summed E-state index contributed by atoms with van der Waals surface area (Å²) in [6.45, 7) is 3.95. The second-order valence-corrected chi connectivity index (χ2v) is 6.31. The highest BCUT2D eigenvalue weighted by Gasteiger charge is 2.34. The number of carbonyl (C=O) groups excluding carboxylic acids is 1. The summed E-state index contributed by atoms with van der Waals surface area (Å²) >= 11 is 0. The number of benzene rings is 1. The van der Waals surface area contributed by atoms with E-state index >= 15 is 0 Å². The second-order valence-electron chi connectivity index (χ2n) is 6.31. The van der Waals surface area contributed by atoms with Gasteiger partial charge in [0.25, 0.3) is 0 Å². The molecule has 3 atom stereocenters. The minimum absolute atomic E-state index is 0. The first kappa shape index (κ1) is 19.3. The van der Waals surface area contributed by atoms with Crippen LogP contribution in [0.5, 0.6) is 5.75 Å². The van der Waals surface area contributed by atoms with Gasteiger partial charge in [-0.15, -0.1) is 12.4 Å². The Balaban J connectivity index is 0.00000225. The van der Waals surface area contributed by atoms with E-state index in [0.717, 1.165) is 17.9 Å². The number of para-hydroxylation sites is 1. The van der Waals surface area contributed by atoms with E-state index < -0.39 is 0 Å². The number of rotatable bonds is 6. The van der Waals surface area contributed by atoms with Crippen LogP contribution in [0, 0.1) is 5.92 Å². The van der Waals surface area contributed by atoms with E-state index in [1.54, 1.807) is 4.68 Å². The molecule has 0 radical (unpaired) electrons. The van der Waals surface area contributed by atoms with Crippen LogP contribution in [0.25, 0.3) is 0 Å². The van der Waals surface area contributed by atoms with Gasteiger partial charge in [-0.1, -0.05) is 18.2 Å². The number of aryl methyl sites for hydroxylation is 1. The number of hydrogen-bond donors (Lipinski definition) is 2. The Kier molecular flexibility index (Phi) is 6.84. The number of carbonyl (C=O) groups is 1. The molecule has 136 valence electrons. The molecule has 2 aromatic rings. The maximum atomic E-state index is 12.6. The topological polar surface area (TPSA) is 68.2 Å². The largest absolute Gasteiger partial charge is 0.489 e. The van der Waals surface area contributed by atoms with Crippen molar-refractivity contribution in [3.63, 3.8) is 0 Å². The van der Waals surface area contributed by atoms with Gasteiger partial charge in [0.15, 0.2) is 0 Å². The highest BCUT2D eigenvalue weighted by Crippen LogP contribution is 2.27. The third-order valence-corrected chi connectivity index (χ3v) is 4.35. The van der Waals surface area contributed by atoms with E-state index in [-0.39, 0.29) is 36.3 Å². The predicted molar refractivity (Wildman–Crippen MR) is 99.1 cm³/mol. The number of ether oxygens (including phenoxy) is 1. The summed E-state index contributed by atoms with van der Waals surface area (Å²) < 4.78 is 7.57. The molecule has 2 heterocycles. The van der Waals surface area contributed by atoms with Crippen molar-refractivity contribution >= 4 is 18.3 Å². The molecule has 1 aliphatic rings. The summed E-state index contributed by atoms with van der Waals surface area (Å²) in [6.07, 6.45) is 3.75. The standard InChI is InChI=1S/C18H24N4O2.ClH/c1-13(24-15-6-4-3-5-7-15)8-20-18(23)17-11-19-10-16(17)14-9-21-22(2)12-14;/h3-7,9,12-13,16-17,19H,8,10-11H2,1-2H3,(H,20,23);1H/t13?,16-,17+;/m1./s1. The quantitative estimate of drug-likeness (QED) is 0.819. The van der Waals surface area contributed by atoms with Crippen LogP contribution in [0.1, 0.15) is 18.4 Å². The van der Waals surface area contributed by atoms with Crippen molar-refractivity contribution in [2.75, 3.05) is 19.6 Å². The number of hydrogen-bond acceptors (Lipinski definition) is 4. The lowest BCUT2D eigenvalue weighted by Gasteiger charge is -2.19. The van der Waals surface area contributed by atoms with Gasteiger partial charge in [0.1, 0.15) is 11.9 Å². The molecule has 6 nitrogen and oxygen atoms in total. The summed E-state index contributed by atoms with van der Waals surface area (Å²) in [6, 6.07) is 9.65. The first-order valence-electron chi connectivity index (χ1n) is 8.32. The fraction of sp³-hybridized carbons (Fsp3) is 0.444. The van der Waals surface area contributed by atoms with Crippen molar-refractivity contribution in [2.45, 2.75) is 18.9 Å². The maximum absolute atomic E-state index is 12.6. The van der Waals surface area contributed by atoms with E-state index in [0.29, 0.717) is 13.1 Å². The van der Waals surface area contributed by atoms with Gasteiger partial charge in [-0.05, 0) is 24.6 Å². The van der Waals surface area contributed by atoms with Gasteiger partial charge in [-0.3, -0.25) is 9.48 Å². The third kappa shape index (κ3) is 4.96. The molecule has 0 saturated carbocycles. The van der Waals surface area contributed by atoms with Crippen LogP contribution in [0.4, 0.5) is 0 Å². The SMILES string of the molecule is CC(CNC(=O)[C@H]1CNC[C@@H]1c1cnn(C)c1)Oc1ccccc1.Cl. The number of aromatic nitrogens is 2. The van der Waals surface area contributed by atoms with E-state index in [1.807, 2.05) is 56.7 Å². The van der Waals surface area contributed by atoms with Crippen LogP contribution in [0.2, 0.25) is 0 Å². The predicted octanol–water partition coefficient (Wildman–Crippen LogP) is 1.73. The zero-order valence-electron chi connectivity index (χ0n) is 14.5. The number of amides is 1. The van der Waals surface area contributed by atoms with Crippen LogP contribution in [-0.4, -0.2) is 41.4 Å². The van der Waals surface area contributed by atoms with Crippen molar-refractivity contribution < 1.29 is 9.53 Å². The van der Waals surface area contributed by atoms with Gasteiger partial charge in [0, 0.05) is 32.3 Å². The molecular formula is C18H25ClN4O2. The average Bonchev–Trinajstić information content (AvgIpc) is 3.22. The van der Waals surface area contributed by atoms with E-state index in [2.05, 4.69) is 15.7 Å². The molecule has 25 heavy (non-hydrogen) atoms. The van der Waals surface area contributed by atoms with Gasteiger partial charge in [-0.2, -0.15) is 5.10 Å². The normalized spacial score (nSPS) is 20.6. The molecule has 0 aliphatic carbocycles. The summed E-state index contributed by atoms with van der Waals surface area (Å²) in [7, 11) is 1.89. The van der Waals surface area contributed by atoms with Crippen LogP contribution in [-0.2, 0) is 11.8 Å². The Bertz CT molecular complexity index is 677. The van der Waals surface area contributed by atoms with E-state index in [9.17, 15) is 4.79 Å². The molecule has 1 unspecified atom stereocenters. The summed E-state index contributed by atoms with van der Waals surface area (Å²) in [5.74, 6) is 0.981. The molecule has 1 fully saturated rings. The van der Waals surface area contributed by atoms with Gasteiger partial charge >= 0.3 is 0 Å². The number of nitrogens with one attached hydrogen (secondary N) is 2. The highest BCUT2D eigenvalue weighted by atomic mass is 35.5. The first-order chi connectivity index (χ1) is 11.6. The fourth-order valence-electron chi connectivity index (χ4n) is 3.08. The summed E-state index contributed by atoms with van der Waals surface area (Å²) in [5, 5.41) is 10.5. The third-order valence-electron chi connectivity index (χ3n) is 4.35. The summed E-state index contributed by atoms with van der Waals surface area (Å²) in [4.78, 5) is 12.6. The van der Waals surface area contributed by atoms with Crippen molar-refractivity contribution in [3.05, 3.63) is 48.3 Å². The lowest BCUT2D eigenvalue weighted by atomic mass is 9.90. The molecule has 1 amide bonds. The van der Waals surface area contributed by atoms with Crippen molar-refractivity contribution in [3.8, 4) is 5.75 Å². The lowest BCUT2D eigenvalue weighted by molar-refractivity contribution is -0.125. The smallest absolute Gasteiger partial charge is 0.225 e. The Hall–Kier alpha value is -2.05. The van der Waals surface area contributed by atoms with Crippen LogP contribution < -0.4 is 15.4 Å². The Morgan fingerprint density at radius 2 is 2.16 bits per heavy atom. The zero-order valence-corrected chi connectivity index (χ0v) is 15.3. The van der Waals surface area contributed by atoms with Gasteiger partial charge in [0.2, 0.25) is 5.91 Å². The van der Waals surface area contributed by atoms with Gasteiger partial charge < -0.3 is 15.4 Å². The Labute approximate surface area is 154 Å². The monoisotopic (exact) mass is 364 g/mol. The van der Waals surface area contributed by atoms with E-state index in [1.165, 1.54) is 0 Å². The average molecular weight is 365 g/mol. The van der Waals surface area contributed by atoms with Crippen LogP contribution >= 0.6 is 12.4 Å². The molecule has 1 aliphatic heterocycles. The number of nitrogens with zero attached hydrogens (tertiary/aromatic N) is 2. The molecule has 3 rings (SSSR count). The molecular weight excluding hydrogens is 340 g/mol. The lowest BCUT2D eigenvalue weighted by Crippen LogP contribution is -2.39. The minimum Gasteiger partial charge on any atom is -0.489 e. The Morgan fingerprint density at radius 3 is 2.84 bits per heavy atom. The number of halogens is 1. The molecule has 0 bridgehead atoms. The van der Waals surface area contributed by atoms with Gasteiger partial charge in [0.05, 0.1) is 18.7 Å². The molecule has 1 saturated heterocycles. The maximum Gasteiger partial charge on any atom is 0.225 e. The van der Waals surface area contributed by atoms with Crippen LogP contribution in [0.3, 0.4) is 0 Å². The molecule has 0 spiro atoms. The molecule has 1 aromatic heterocycles. The van der Waals surface area contributed by atoms with Crippen molar-refractivity contribution in [1.29, 1.82) is 0 Å². The van der Waals surface area contributed by atoms with Gasteiger partial charge in [-0.25, -0.2) is 0 Å². The minimum atomic E-state index is -0.0810.